The maximum Gasteiger partial charge on any atom is 0.274 e. The summed E-state index contributed by atoms with van der Waals surface area (Å²) in [6.45, 7) is 0.487. The second kappa shape index (κ2) is 8.96. The summed E-state index contributed by atoms with van der Waals surface area (Å²) in [5.41, 5.74) is 1.96. The topological polar surface area (TPSA) is 71.1 Å². The van der Waals surface area contributed by atoms with Crippen LogP contribution in [0, 0.1) is 0 Å². The zero-order chi connectivity index (χ0) is 19.1. The van der Waals surface area contributed by atoms with Gasteiger partial charge >= 0.3 is 0 Å². The summed E-state index contributed by atoms with van der Waals surface area (Å²) in [5.74, 6) is -0.750. The van der Waals surface area contributed by atoms with Crippen LogP contribution in [-0.2, 0) is 6.42 Å². The molecule has 3 aromatic rings. The van der Waals surface area contributed by atoms with Gasteiger partial charge in [-0.3, -0.25) is 9.59 Å². The molecule has 0 spiro atoms. The van der Waals surface area contributed by atoms with Crippen molar-refractivity contribution >= 4 is 29.1 Å². The summed E-state index contributed by atoms with van der Waals surface area (Å²) in [7, 11) is 0. The fourth-order valence-corrected chi connectivity index (χ4v) is 2.68. The molecule has 1 aromatic heterocycles. The third-order valence-electron chi connectivity index (χ3n) is 3.88. The lowest BCUT2D eigenvalue weighted by Crippen LogP contribution is -2.27. The normalized spacial score (nSPS) is 10.3. The van der Waals surface area contributed by atoms with E-state index in [4.69, 9.17) is 11.6 Å². The summed E-state index contributed by atoms with van der Waals surface area (Å²) < 4.78 is 0. The van der Waals surface area contributed by atoms with E-state index in [1.54, 1.807) is 42.5 Å². The summed E-state index contributed by atoms with van der Waals surface area (Å²) >= 11 is 6.05. The lowest BCUT2D eigenvalue weighted by Gasteiger charge is -2.08. The number of para-hydroxylation sites is 1. The van der Waals surface area contributed by atoms with E-state index in [9.17, 15) is 9.59 Å². The predicted octanol–water partition coefficient (Wildman–Crippen LogP) is 3.96. The van der Waals surface area contributed by atoms with Crippen LogP contribution < -0.4 is 10.6 Å². The van der Waals surface area contributed by atoms with E-state index in [-0.39, 0.29) is 17.3 Å². The molecule has 136 valence electrons. The SMILES string of the molecule is O=C(NCCc1ccccc1)c1cccc(C(=O)Nc2ccccc2Cl)n1. The Balaban J connectivity index is 1.61. The van der Waals surface area contributed by atoms with E-state index in [1.807, 2.05) is 30.3 Å². The second-order valence-electron chi connectivity index (χ2n) is 5.83. The number of halogens is 1. The van der Waals surface area contributed by atoms with Gasteiger partial charge in [-0.05, 0) is 36.2 Å². The van der Waals surface area contributed by atoms with Crippen LogP contribution in [0.15, 0.2) is 72.8 Å². The van der Waals surface area contributed by atoms with Crippen molar-refractivity contribution in [3.05, 3.63) is 94.8 Å². The standard InChI is InChI=1S/C21H18ClN3O2/c22-16-9-4-5-10-17(16)25-21(27)19-12-6-11-18(24-19)20(26)23-14-13-15-7-2-1-3-8-15/h1-12H,13-14H2,(H,23,26)(H,25,27). The van der Waals surface area contributed by atoms with Gasteiger partial charge in [-0.15, -0.1) is 0 Å². The first-order valence-corrected chi connectivity index (χ1v) is 8.86. The maximum atomic E-state index is 12.4. The molecule has 0 aliphatic heterocycles. The van der Waals surface area contributed by atoms with E-state index in [2.05, 4.69) is 15.6 Å². The summed E-state index contributed by atoms with van der Waals surface area (Å²) in [5, 5.41) is 5.94. The van der Waals surface area contributed by atoms with Crippen molar-refractivity contribution in [3.8, 4) is 0 Å². The molecule has 5 nitrogen and oxygen atoms in total. The van der Waals surface area contributed by atoms with Crippen molar-refractivity contribution in [1.29, 1.82) is 0 Å². The quantitative estimate of drug-likeness (QED) is 0.681. The van der Waals surface area contributed by atoms with Gasteiger partial charge in [0.25, 0.3) is 11.8 Å². The molecule has 0 saturated carbocycles. The average molecular weight is 380 g/mol. The lowest BCUT2D eigenvalue weighted by molar-refractivity contribution is 0.0949. The molecule has 6 heteroatoms. The molecule has 0 radical (unpaired) electrons. The van der Waals surface area contributed by atoms with Crippen LogP contribution in [0.2, 0.25) is 5.02 Å². The van der Waals surface area contributed by atoms with Crippen LogP contribution in [0.25, 0.3) is 0 Å². The highest BCUT2D eigenvalue weighted by molar-refractivity contribution is 6.33. The fraction of sp³-hybridized carbons (Fsp3) is 0.0952. The first-order chi connectivity index (χ1) is 13.1. The summed E-state index contributed by atoms with van der Waals surface area (Å²) in [6, 6.07) is 21.5. The van der Waals surface area contributed by atoms with Gasteiger partial charge in [0.2, 0.25) is 0 Å². The van der Waals surface area contributed by atoms with Gasteiger partial charge in [0.1, 0.15) is 11.4 Å². The largest absolute Gasteiger partial charge is 0.350 e. The number of nitrogens with one attached hydrogen (secondary N) is 2. The minimum Gasteiger partial charge on any atom is -0.350 e. The molecular weight excluding hydrogens is 362 g/mol. The number of rotatable bonds is 6. The monoisotopic (exact) mass is 379 g/mol. The van der Waals surface area contributed by atoms with Gasteiger partial charge in [0.05, 0.1) is 10.7 Å². The number of nitrogens with zero attached hydrogens (tertiary/aromatic N) is 1. The summed E-state index contributed by atoms with van der Waals surface area (Å²) in [4.78, 5) is 28.8. The van der Waals surface area contributed by atoms with Gasteiger partial charge in [-0.25, -0.2) is 4.98 Å². The van der Waals surface area contributed by atoms with E-state index < -0.39 is 5.91 Å². The van der Waals surface area contributed by atoms with Crippen molar-refractivity contribution in [1.82, 2.24) is 10.3 Å². The Hall–Kier alpha value is -3.18. The molecule has 1 heterocycles. The van der Waals surface area contributed by atoms with Gasteiger partial charge in [0, 0.05) is 6.54 Å². The highest BCUT2D eigenvalue weighted by atomic mass is 35.5. The van der Waals surface area contributed by atoms with Crippen LogP contribution in [0.1, 0.15) is 26.5 Å². The Morgan fingerprint density at radius 3 is 2.22 bits per heavy atom. The highest BCUT2D eigenvalue weighted by Gasteiger charge is 2.13. The molecule has 0 unspecified atom stereocenters. The average Bonchev–Trinajstić information content (AvgIpc) is 2.70. The predicted molar refractivity (Wildman–Crippen MR) is 106 cm³/mol. The molecule has 0 aliphatic carbocycles. The number of anilines is 1. The van der Waals surface area contributed by atoms with Gasteiger partial charge in [-0.2, -0.15) is 0 Å². The number of aromatic nitrogens is 1. The molecule has 0 atom stereocenters. The van der Waals surface area contributed by atoms with E-state index >= 15 is 0 Å². The Morgan fingerprint density at radius 1 is 0.815 bits per heavy atom. The third-order valence-corrected chi connectivity index (χ3v) is 4.21. The van der Waals surface area contributed by atoms with Crippen LogP contribution in [0.4, 0.5) is 5.69 Å². The Kier molecular flexibility index (Phi) is 6.18. The molecule has 0 bridgehead atoms. The minimum atomic E-state index is -0.429. The molecule has 2 amide bonds. The number of carbonyl (C=O) groups excluding carboxylic acids is 2. The first kappa shape index (κ1) is 18.6. The van der Waals surface area contributed by atoms with Crippen molar-refractivity contribution < 1.29 is 9.59 Å². The molecular formula is C21H18ClN3O2. The van der Waals surface area contributed by atoms with Crippen molar-refractivity contribution in [2.45, 2.75) is 6.42 Å². The number of hydrogen-bond donors (Lipinski definition) is 2. The molecule has 0 fully saturated rings. The van der Waals surface area contributed by atoms with E-state index in [0.29, 0.717) is 17.3 Å². The molecule has 2 N–H and O–H groups in total. The van der Waals surface area contributed by atoms with E-state index in [1.165, 1.54) is 0 Å². The lowest BCUT2D eigenvalue weighted by atomic mass is 10.1. The zero-order valence-corrected chi connectivity index (χ0v) is 15.2. The number of benzene rings is 2. The van der Waals surface area contributed by atoms with Crippen molar-refractivity contribution in [3.63, 3.8) is 0 Å². The molecule has 27 heavy (non-hydrogen) atoms. The molecule has 0 aliphatic rings. The van der Waals surface area contributed by atoms with Crippen LogP contribution in [-0.4, -0.2) is 23.3 Å². The Labute approximate surface area is 162 Å². The number of amides is 2. The van der Waals surface area contributed by atoms with Gasteiger partial charge in [-0.1, -0.05) is 60.1 Å². The minimum absolute atomic E-state index is 0.144. The van der Waals surface area contributed by atoms with E-state index in [0.717, 1.165) is 12.0 Å². The molecule has 0 saturated heterocycles. The maximum absolute atomic E-state index is 12.4. The first-order valence-electron chi connectivity index (χ1n) is 8.48. The second-order valence-corrected chi connectivity index (χ2v) is 6.24. The third kappa shape index (κ3) is 5.15. The fourth-order valence-electron chi connectivity index (χ4n) is 2.49. The van der Waals surface area contributed by atoms with Crippen molar-refractivity contribution in [2.75, 3.05) is 11.9 Å². The molecule has 2 aromatic carbocycles. The highest BCUT2D eigenvalue weighted by Crippen LogP contribution is 2.20. The smallest absolute Gasteiger partial charge is 0.274 e. The number of pyridine rings is 1. The zero-order valence-electron chi connectivity index (χ0n) is 14.5. The van der Waals surface area contributed by atoms with Crippen molar-refractivity contribution in [2.24, 2.45) is 0 Å². The van der Waals surface area contributed by atoms with Gasteiger partial charge in [0.15, 0.2) is 0 Å². The Bertz CT molecular complexity index is 945. The summed E-state index contributed by atoms with van der Waals surface area (Å²) in [6.07, 6.45) is 0.721. The van der Waals surface area contributed by atoms with Crippen LogP contribution in [0.5, 0.6) is 0 Å². The van der Waals surface area contributed by atoms with Crippen LogP contribution in [0.3, 0.4) is 0 Å². The Morgan fingerprint density at radius 2 is 1.48 bits per heavy atom. The number of hydrogen-bond acceptors (Lipinski definition) is 3. The number of carbonyl (C=O) groups is 2. The van der Waals surface area contributed by atoms with Crippen LogP contribution >= 0.6 is 11.6 Å². The molecule has 3 rings (SSSR count). The van der Waals surface area contributed by atoms with Gasteiger partial charge < -0.3 is 10.6 Å².